The van der Waals surface area contributed by atoms with Crippen molar-refractivity contribution >= 4 is 27.7 Å². The minimum atomic E-state index is -0.338. The fourth-order valence-corrected chi connectivity index (χ4v) is 2.47. The maximum Gasteiger partial charge on any atom is 0.414 e. The third-order valence-electron chi connectivity index (χ3n) is 3.13. The summed E-state index contributed by atoms with van der Waals surface area (Å²) in [5.41, 5.74) is 1.92. The number of amides is 1. The molecule has 0 spiro atoms. The summed E-state index contributed by atoms with van der Waals surface area (Å²) in [5, 5.41) is 9.08. The van der Waals surface area contributed by atoms with Crippen LogP contribution >= 0.6 is 15.9 Å². The van der Waals surface area contributed by atoms with Gasteiger partial charge in [-0.1, -0.05) is 22.0 Å². The van der Waals surface area contributed by atoms with E-state index in [1.165, 1.54) is 0 Å². The van der Waals surface area contributed by atoms with Crippen molar-refractivity contribution in [2.24, 2.45) is 0 Å². The summed E-state index contributed by atoms with van der Waals surface area (Å²) in [7, 11) is 0. The Labute approximate surface area is 115 Å². The van der Waals surface area contributed by atoms with Gasteiger partial charge >= 0.3 is 6.09 Å². The van der Waals surface area contributed by atoms with Crippen molar-refractivity contribution in [2.75, 3.05) is 18.1 Å². The van der Waals surface area contributed by atoms with Crippen LogP contribution in [0, 0.1) is 6.92 Å². The summed E-state index contributed by atoms with van der Waals surface area (Å²) in [6.07, 6.45) is 0.980. The molecule has 1 fully saturated rings. The average molecular weight is 314 g/mol. The van der Waals surface area contributed by atoms with E-state index in [1.54, 1.807) is 4.90 Å². The second-order valence-corrected chi connectivity index (χ2v) is 5.23. The number of aliphatic hydroxyl groups excluding tert-OH is 1. The minimum absolute atomic E-state index is 0.00542. The van der Waals surface area contributed by atoms with E-state index >= 15 is 0 Å². The van der Waals surface area contributed by atoms with Gasteiger partial charge < -0.3 is 9.84 Å². The Bertz CT molecular complexity index is 448. The maximum absolute atomic E-state index is 11.9. The average Bonchev–Trinajstić information content (AvgIpc) is 2.34. The molecule has 1 aliphatic heterocycles. The van der Waals surface area contributed by atoms with Gasteiger partial charge in [-0.05, 0) is 31.0 Å². The van der Waals surface area contributed by atoms with Crippen LogP contribution in [-0.2, 0) is 4.74 Å². The molecule has 1 aromatic rings. The third kappa shape index (κ3) is 2.67. The summed E-state index contributed by atoms with van der Waals surface area (Å²) in [4.78, 5) is 13.5. The van der Waals surface area contributed by atoms with Crippen molar-refractivity contribution in [1.29, 1.82) is 0 Å². The predicted octanol–water partition coefficient (Wildman–Crippen LogP) is 2.86. The Hall–Kier alpha value is -1.07. The Morgan fingerprint density at radius 1 is 1.56 bits per heavy atom. The van der Waals surface area contributed by atoms with Gasteiger partial charge in [0.05, 0.1) is 6.61 Å². The molecule has 1 heterocycles. The van der Waals surface area contributed by atoms with Crippen LogP contribution in [0.15, 0.2) is 22.7 Å². The molecular weight excluding hydrogens is 298 g/mol. The highest BCUT2D eigenvalue weighted by molar-refractivity contribution is 9.10. The van der Waals surface area contributed by atoms with Crippen LogP contribution in [0.4, 0.5) is 10.5 Å². The molecule has 1 amide bonds. The van der Waals surface area contributed by atoms with Gasteiger partial charge in [0.15, 0.2) is 0 Å². The highest BCUT2D eigenvalue weighted by Crippen LogP contribution is 2.29. The number of hydrogen-bond acceptors (Lipinski definition) is 3. The number of carbonyl (C=O) groups is 1. The molecule has 1 aromatic carbocycles. The number of cyclic esters (lactones) is 1. The van der Waals surface area contributed by atoms with Crippen LogP contribution in [0.3, 0.4) is 0 Å². The van der Waals surface area contributed by atoms with Crippen molar-refractivity contribution in [3.05, 3.63) is 28.2 Å². The normalized spacial score (nSPS) is 19.8. The Balaban J connectivity index is 2.31. The van der Waals surface area contributed by atoms with Crippen LogP contribution in [0.1, 0.15) is 18.4 Å². The molecule has 1 aliphatic rings. The zero-order valence-corrected chi connectivity index (χ0v) is 11.8. The quantitative estimate of drug-likeness (QED) is 0.933. The number of halogens is 1. The lowest BCUT2D eigenvalue weighted by Gasteiger charge is -2.34. The van der Waals surface area contributed by atoms with Crippen LogP contribution in [0.2, 0.25) is 0 Å². The summed E-state index contributed by atoms with van der Waals surface area (Å²) in [6, 6.07) is 5.77. The molecular formula is C13H16BrNO3. The topological polar surface area (TPSA) is 49.8 Å². The molecule has 1 atom stereocenters. The first-order chi connectivity index (χ1) is 8.63. The fraction of sp³-hybridized carbons (Fsp3) is 0.462. The second kappa shape index (κ2) is 5.71. The van der Waals surface area contributed by atoms with E-state index < -0.39 is 0 Å². The Morgan fingerprint density at radius 3 is 3.00 bits per heavy atom. The van der Waals surface area contributed by atoms with Crippen LogP contribution in [-0.4, -0.2) is 30.5 Å². The van der Waals surface area contributed by atoms with E-state index in [-0.39, 0.29) is 18.7 Å². The van der Waals surface area contributed by atoms with Crippen molar-refractivity contribution in [2.45, 2.75) is 25.8 Å². The van der Waals surface area contributed by atoms with Crippen molar-refractivity contribution in [1.82, 2.24) is 0 Å². The standard InChI is InChI=1S/C13H16BrNO3/c1-9-2-3-11(8-12(9)14)15-10(4-6-16)5-7-18-13(15)17/h2-3,8,10,16H,4-7H2,1H3. The molecule has 98 valence electrons. The van der Waals surface area contributed by atoms with E-state index in [0.29, 0.717) is 13.0 Å². The van der Waals surface area contributed by atoms with E-state index in [9.17, 15) is 4.79 Å². The highest BCUT2D eigenvalue weighted by atomic mass is 79.9. The van der Waals surface area contributed by atoms with Crippen molar-refractivity contribution in [3.63, 3.8) is 0 Å². The number of benzene rings is 1. The van der Waals surface area contributed by atoms with E-state index in [1.807, 2.05) is 25.1 Å². The lowest BCUT2D eigenvalue weighted by Crippen LogP contribution is -2.46. The molecule has 0 saturated carbocycles. The number of ether oxygens (including phenoxy) is 1. The number of carbonyl (C=O) groups excluding carboxylic acids is 1. The Kier molecular flexibility index (Phi) is 4.24. The predicted molar refractivity (Wildman–Crippen MR) is 72.8 cm³/mol. The first-order valence-electron chi connectivity index (χ1n) is 5.96. The summed E-state index contributed by atoms with van der Waals surface area (Å²) < 4.78 is 6.04. The number of nitrogens with zero attached hydrogens (tertiary/aromatic N) is 1. The highest BCUT2D eigenvalue weighted by Gasteiger charge is 2.30. The SMILES string of the molecule is Cc1ccc(N2C(=O)OCCC2CCO)cc1Br. The van der Waals surface area contributed by atoms with Crippen LogP contribution < -0.4 is 4.90 Å². The molecule has 5 heteroatoms. The molecule has 0 aromatic heterocycles. The lowest BCUT2D eigenvalue weighted by atomic mass is 10.1. The second-order valence-electron chi connectivity index (χ2n) is 4.37. The van der Waals surface area contributed by atoms with Crippen molar-refractivity contribution in [3.8, 4) is 0 Å². The van der Waals surface area contributed by atoms with Gasteiger partial charge in [-0.25, -0.2) is 4.79 Å². The number of aliphatic hydroxyl groups is 1. The molecule has 0 radical (unpaired) electrons. The molecule has 0 bridgehead atoms. The first kappa shape index (κ1) is 13.4. The fourth-order valence-electron chi connectivity index (χ4n) is 2.10. The molecule has 0 aliphatic carbocycles. The number of aryl methyl sites for hydroxylation is 1. The van der Waals surface area contributed by atoms with Gasteiger partial charge in [-0.3, -0.25) is 4.90 Å². The van der Waals surface area contributed by atoms with Crippen molar-refractivity contribution < 1.29 is 14.6 Å². The first-order valence-corrected chi connectivity index (χ1v) is 6.76. The van der Waals surface area contributed by atoms with E-state index in [2.05, 4.69) is 15.9 Å². The summed E-state index contributed by atoms with van der Waals surface area (Å²) >= 11 is 3.46. The van der Waals surface area contributed by atoms with Crippen LogP contribution in [0.25, 0.3) is 0 Å². The zero-order valence-electron chi connectivity index (χ0n) is 10.2. The van der Waals surface area contributed by atoms with Gasteiger partial charge in [0.1, 0.15) is 0 Å². The molecule has 2 rings (SSSR count). The van der Waals surface area contributed by atoms with Gasteiger partial charge in [-0.2, -0.15) is 0 Å². The monoisotopic (exact) mass is 313 g/mol. The van der Waals surface area contributed by atoms with Gasteiger partial charge in [0.25, 0.3) is 0 Å². The lowest BCUT2D eigenvalue weighted by molar-refractivity contribution is 0.124. The number of anilines is 1. The largest absolute Gasteiger partial charge is 0.449 e. The molecule has 1 unspecified atom stereocenters. The van der Waals surface area contributed by atoms with E-state index in [0.717, 1.165) is 22.1 Å². The third-order valence-corrected chi connectivity index (χ3v) is 3.99. The number of rotatable bonds is 3. The Morgan fingerprint density at radius 2 is 2.33 bits per heavy atom. The van der Waals surface area contributed by atoms with Crippen LogP contribution in [0.5, 0.6) is 0 Å². The van der Waals surface area contributed by atoms with Gasteiger partial charge in [-0.15, -0.1) is 0 Å². The van der Waals surface area contributed by atoms with Gasteiger partial charge in [0, 0.05) is 29.2 Å². The van der Waals surface area contributed by atoms with E-state index in [4.69, 9.17) is 9.84 Å². The summed E-state index contributed by atoms with van der Waals surface area (Å²) in [6.45, 7) is 2.49. The summed E-state index contributed by atoms with van der Waals surface area (Å²) in [5.74, 6) is 0. The minimum Gasteiger partial charge on any atom is -0.449 e. The zero-order chi connectivity index (χ0) is 13.1. The molecule has 1 N–H and O–H groups in total. The maximum atomic E-state index is 11.9. The molecule has 18 heavy (non-hydrogen) atoms. The van der Waals surface area contributed by atoms with Gasteiger partial charge in [0.2, 0.25) is 0 Å². The molecule has 1 saturated heterocycles. The number of hydrogen-bond donors (Lipinski definition) is 1. The smallest absolute Gasteiger partial charge is 0.414 e. The molecule has 4 nitrogen and oxygen atoms in total.